The van der Waals surface area contributed by atoms with E-state index in [0.717, 1.165) is 13.0 Å². The molecule has 0 radical (unpaired) electrons. The second-order valence-electron chi connectivity index (χ2n) is 6.44. The minimum Gasteiger partial charge on any atom is -0.353 e. The summed E-state index contributed by atoms with van der Waals surface area (Å²) < 4.78 is 0. The number of halogens is 2. The molecule has 1 N–H and O–H groups in total. The maximum atomic E-state index is 11.8. The maximum Gasteiger partial charge on any atom is 0.244 e. The summed E-state index contributed by atoms with van der Waals surface area (Å²) in [4.78, 5) is 11.8. The van der Waals surface area contributed by atoms with Crippen molar-refractivity contribution >= 4 is 35.2 Å². The number of benzene rings is 1. The van der Waals surface area contributed by atoms with Crippen molar-refractivity contribution in [3.8, 4) is 0 Å². The number of amides is 1. The van der Waals surface area contributed by atoms with E-state index >= 15 is 0 Å². The number of carbonyl (C=O) groups is 1. The van der Waals surface area contributed by atoms with E-state index in [1.54, 1.807) is 24.3 Å². The lowest BCUT2D eigenvalue weighted by Crippen LogP contribution is -2.21. The van der Waals surface area contributed by atoms with Gasteiger partial charge < -0.3 is 5.32 Å². The zero-order valence-electron chi connectivity index (χ0n) is 15.3. The van der Waals surface area contributed by atoms with Gasteiger partial charge in [-0.1, -0.05) is 94.0 Å². The first-order valence-electron chi connectivity index (χ1n) is 9.55. The van der Waals surface area contributed by atoms with Crippen LogP contribution in [-0.4, -0.2) is 12.5 Å². The number of unbranched alkanes of at least 4 members (excludes halogenated alkanes) is 9. The van der Waals surface area contributed by atoms with Crippen molar-refractivity contribution in [3.05, 3.63) is 39.9 Å². The summed E-state index contributed by atoms with van der Waals surface area (Å²) in [6.45, 7) is 2.97. The molecule has 0 fully saturated rings. The highest BCUT2D eigenvalue weighted by molar-refractivity contribution is 6.37. The average Bonchev–Trinajstić information content (AvgIpc) is 2.59. The second kappa shape index (κ2) is 14.2. The quantitative estimate of drug-likeness (QED) is 0.287. The molecule has 0 atom stereocenters. The van der Waals surface area contributed by atoms with Crippen molar-refractivity contribution < 1.29 is 4.79 Å². The molecule has 0 bridgehead atoms. The van der Waals surface area contributed by atoms with Crippen molar-refractivity contribution in [1.82, 2.24) is 5.32 Å². The third-order valence-corrected chi connectivity index (χ3v) is 4.89. The molecule has 0 saturated heterocycles. The van der Waals surface area contributed by atoms with E-state index in [2.05, 4.69) is 12.2 Å². The summed E-state index contributed by atoms with van der Waals surface area (Å²) in [7, 11) is 0. The highest BCUT2D eigenvalue weighted by Gasteiger charge is 2.02. The van der Waals surface area contributed by atoms with E-state index in [0.29, 0.717) is 15.6 Å². The molecule has 1 aromatic rings. The molecule has 0 aromatic heterocycles. The zero-order chi connectivity index (χ0) is 18.3. The molecule has 140 valence electrons. The van der Waals surface area contributed by atoms with Crippen molar-refractivity contribution in [1.29, 1.82) is 0 Å². The monoisotopic (exact) mass is 383 g/mol. The standard InChI is InChI=1S/C21H31Cl2NO/c1-2-3-4-5-6-7-8-9-10-11-17-24-21(25)16-15-18-19(22)13-12-14-20(18)23/h12-16H,2-11,17H2,1H3,(H,24,25)/b16-15+. The molecule has 0 aliphatic carbocycles. The molecule has 25 heavy (non-hydrogen) atoms. The van der Waals surface area contributed by atoms with Gasteiger partial charge in [0.2, 0.25) is 5.91 Å². The Morgan fingerprint density at radius 3 is 2.00 bits per heavy atom. The van der Waals surface area contributed by atoms with Crippen LogP contribution in [0.1, 0.15) is 76.7 Å². The Kier molecular flexibility index (Phi) is 12.5. The van der Waals surface area contributed by atoms with Crippen LogP contribution in [0.2, 0.25) is 10.0 Å². The van der Waals surface area contributed by atoms with Gasteiger partial charge in [-0.05, 0) is 24.6 Å². The first-order chi connectivity index (χ1) is 12.1. The Hall–Kier alpha value is -0.990. The summed E-state index contributed by atoms with van der Waals surface area (Å²) in [5.74, 6) is -0.105. The van der Waals surface area contributed by atoms with Crippen molar-refractivity contribution in [2.45, 2.75) is 71.1 Å². The maximum absolute atomic E-state index is 11.8. The lowest BCUT2D eigenvalue weighted by molar-refractivity contribution is -0.116. The fraction of sp³-hybridized carbons (Fsp3) is 0.571. The van der Waals surface area contributed by atoms with Gasteiger partial charge in [-0.3, -0.25) is 4.79 Å². The van der Waals surface area contributed by atoms with Crippen LogP contribution in [-0.2, 0) is 4.79 Å². The Balaban J connectivity index is 2.05. The van der Waals surface area contributed by atoms with Crippen LogP contribution in [0.25, 0.3) is 6.08 Å². The number of rotatable bonds is 13. The molecule has 4 heteroatoms. The first kappa shape index (κ1) is 22.1. The number of hydrogen-bond donors (Lipinski definition) is 1. The predicted molar refractivity (Wildman–Crippen MR) is 110 cm³/mol. The van der Waals surface area contributed by atoms with Gasteiger partial charge in [-0.25, -0.2) is 0 Å². The molecule has 0 aliphatic heterocycles. The number of nitrogens with one attached hydrogen (secondary N) is 1. The largest absolute Gasteiger partial charge is 0.353 e. The third-order valence-electron chi connectivity index (χ3n) is 4.23. The lowest BCUT2D eigenvalue weighted by Gasteiger charge is -2.04. The molecular formula is C21H31Cl2NO. The molecule has 2 nitrogen and oxygen atoms in total. The van der Waals surface area contributed by atoms with Gasteiger partial charge in [-0.2, -0.15) is 0 Å². The van der Waals surface area contributed by atoms with Crippen LogP contribution in [0.15, 0.2) is 24.3 Å². The van der Waals surface area contributed by atoms with Crippen LogP contribution < -0.4 is 5.32 Å². The van der Waals surface area contributed by atoms with E-state index in [1.807, 2.05) is 0 Å². The van der Waals surface area contributed by atoms with Crippen LogP contribution in [0.5, 0.6) is 0 Å². The van der Waals surface area contributed by atoms with Crippen LogP contribution in [0.3, 0.4) is 0 Å². The molecule has 1 aromatic carbocycles. The van der Waals surface area contributed by atoms with Gasteiger partial charge in [0.25, 0.3) is 0 Å². The SMILES string of the molecule is CCCCCCCCCCCCNC(=O)/C=C/c1c(Cl)cccc1Cl. The molecule has 0 unspecified atom stereocenters. The highest BCUT2D eigenvalue weighted by atomic mass is 35.5. The van der Waals surface area contributed by atoms with Gasteiger partial charge in [0.15, 0.2) is 0 Å². The van der Waals surface area contributed by atoms with E-state index in [1.165, 1.54) is 63.9 Å². The van der Waals surface area contributed by atoms with E-state index in [4.69, 9.17) is 23.2 Å². The van der Waals surface area contributed by atoms with E-state index in [-0.39, 0.29) is 5.91 Å². The topological polar surface area (TPSA) is 29.1 Å². The summed E-state index contributed by atoms with van der Waals surface area (Å²) in [6.07, 6.45) is 16.1. The fourth-order valence-corrected chi connectivity index (χ4v) is 3.24. The minimum atomic E-state index is -0.105. The minimum absolute atomic E-state index is 0.105. The van der Waals surface area contributed by atoms with Gasteiger partial charge >= 0.3 is 0 Å². The van der Waals surface area contributed by atoms with Crippen molar-refractivity contribution in [3.63, 3.8) is 0 Å². The molecule has 0 saturated carbocycles. The highest BCUT2D eigenvalue weighted by Crippen LogP contribution is 2.25. The Morgan fingerprint density at radius 1 is 0.920 bits per heavy atom. The molecule has 0 spiro atoms. The van der Waals surface area contributed by atoms with Gasteiger partial charge in [0, 0.05) is 28.2 Å². The van der Waals surface area contributed by atoms with E-state index < -0.39 is 0 Å². The zero-order valence-corrected chi connectivity index (χ0v) is 16.8. The second-order valence-corrected chi connectivity index (χ2v) is 7.26. The van der Waals surface area contributed by atoms with Crippen molar-refractivity contribution in [2.75, 3.05) is 6.54 Å². The molecule has 1 rings (SSSR count). The van der Waals surface area contributed by atoms with E-state index in [9.17, 15) is 4.79 Å². The summed E-state index contributed by atoms with van der Waals surface area (Å²) >= 11 is 12.1. The predicted octanol–water partition coefficient (Wildman–Crippen LogP) is 7.04. The Labute approximate surface area is 163 Å². The third kappa shape index (κ3) is 10.6. The van der Waals surface area contributed by atoms with Crippen LogP contribution in [0.4, 0.5) is 0 Å². The number of hydrogen-bond acceptors (Lipinski definition) is 1. The molecule has 1 amide bonds. The van der Waals surface area contributed by atoms with Crippen molar-refractivity contribution in [2.24, 2.45) is 0 Å². The summed E-state index contributed by atoms with van der Waals surface area (Å²) in [5, 5.41) is 4.00. The normalized spacial score (nSPS) is 11.2. The van der Waals surface area contributed by atoms with Gasteiger partial charge in [0.05, 0.1) is 0 Å². The lowest BCUT2D eigenvalue weighted by atomic mass is 10.1. The first-order valence-corrected chi connectivity index (χ1v) is 10.3. The Bertz CT molecular complexity index is 508. The summed E-state index contributed by atoms with van der Waals surface area (Å²) in [6, 6.07) is 5.30. The molecule has 0 heterocycles. The van der Waals surface area contributed by atoms with Crippen LogP contribution in [0, 0.1) is 0 Å². The van der Waals surface area contributed by atoms with Gasteiger partial charge in [-0.15, -0.1) is 0 Å². The van der Waals surface area contributed by atoms with Crippen LogP contribution >= 0.6 is 23.2 Å². The molecular weight excluding hydrogens is 353 g/mol. The fourth-order valence-electron chi connectivity index (χ4n) is 2.71. The smallest absolute Gasteiger partial charge is 0.244 e. The Morgan fingerprint density at radius 2 is 1.44 bits per heavy atom. The average molecular weight is 384 g/mol. The van der Waals surface area contributed by atoms with Gasteiger partial charge in [0.1, 0.15) is 0 Å². The molecule has 0 aliphatic rings. The summed E-state index contributed by atoms with van der Waals surface area (Å²) in [5.41, 5.74) is 0.680. The number of carbonyl (C=O) groups excluding carboxylic acids is 1.